The van der Waals surface area contributed by atoms with Crippen LogP contribution in [0, 0.1) is 6.92 Å². The topological polar surface area (TPSA) is 64.7 Å². The predicted molar refractivity (Wildman–Crippen MR) is 128 cm³/mol. The van der Waals surface area contributed by atoms with Gasteiger partial charge in [0.15, 0.2) is 5.16 Å². The van der Waals surface area contributed by atoms with Gasteiger partial charge in [0.05, 0.1) is 5.75 Å². The molecule has 1 amide bonds. The molecule has 6 nitrogen and oxygen atoms in total. The molecule has 2 aromatic heterocycles. The average molecular weight is 466 g/mol. The molecular weight excluding hydrogens is 442 g/mol. The van der Waals surface area contributed by atoms with Crippen molar-refractivity contribution in [3.8, 4) is 5.69 Å². The Hall–Kier alpha value is -3.03. The Labute approximate surface area is 196 Å². The van der Waals surface area contributed by atoms with Crippen LogP contribution in [0.25, 0.3) is 5.69 Å². The van der Waals surface area contributed by atoms with E-state index in [4.69, 9.17) is 11.6 Å². The van der Waals surface area contributed by atoms with Crippen molar-refractivity contribution in [3.63, 3.8) is 0 Å². The number of benzene rings is 2. The molecule has 2 heterocycles. The number of hydrogen-bond donors (Lipinski definition) is 1. The lowest BCUT2D eigenvalue weighted by Gasteiger charge is -2.11. The lowest BCUT2D eigenvalue weighted by molar-refractivity contribution is -0.118. The number of thioether (sulfide) groups is 1. The summed E-state index contributed by atoms with van der Waals surface area (Å²) in [4.78, 5) is 12.5. The number of amides is 1. The minimum absolute atomic E-state index is 0.0858. The van der Waals surface area contributed by atoms with E-state index in [-0.39, 0.29) is 11.7 Å². The van der Waals surface area contributed by atoms with Crippen LogP contribution in [0.1, 0.15) is 22.6 Å². The molecule has 0 aliphatic heterocycles. The van der Waals surface area contributed by atoms with Crippen molar-refractivity contribution in [2.45, 2.75) is 25.0 Å². The number of nitrogens with zero attached hydrogens (tertiary/aromatic N) is 4. The SMILES string of the molecule is Cc1ccc(-n2c(Cc3cccn3C)nnc2SCC(=O)NCc2ccccc2Cl)cc1. The molecule has 0 bridgehead atoms. The van der Waals surface area contributed by atoms with Crippen LogP contribution in [0.15, 0.2) is 72.0 Å². The highest BCUT2D eigenvalue weighted by Gasteiger charge is 2.17. The Bertz CT molecular complexity index is 1220. The molecule has 0 radical (unpaired) electrons. The largest absolute Gasteiger partial charge is 0.354 e. The van der Waals surface area contributed by atoms with E-state index in [9.17, 15) is 4.79 Å². The predicted octanol–water partition coefficient (Wildman–Crippen LogP) is 4.57. The second-order valence-electron chi connectivity index (χ2n) is 7.51. The normalized spacial score (nSPS) is 11.0. The summed E-state index contributed by atoms with van der Waals surface area (Å²) in [7, 11) is 2.01. The Morgan fingerprint density at radius 2 is 1.84 bits per heavy atom. The Kier molecular flexibility index (Phi) is 6.97. The summed E-state index contributed by atoms with van der Waals surface area (Å²) in [6.07, 6.45) is 2.66. The zero-order valence-electron chi connectivity index (χ0n) is 18.0. The molecule has 0 fully saturated rings. The van der Waals surface area contributed by atoms with E-state index in [1.807, 2.05) is 48.1 Å². The molecule has 0 aliphatic rings. The molecule has 0 saturated carbocycles. The second-order valence-corrected chi connectivity index (χ2v) is 8.86. The molecular formula is C24H24ClN5OS. The fourth-order valence-electron chi connectivity index (χ4n) is 3.32. The second kappa shape index (κ2) is 10.1. The summed E-state index contributed by atoms with van der Waals surface area (Å²) < 4.78 is 4.10. The van der Waals surface area contributed by atoms with Crippen molar-refractivity contribution in [1.29, 1.82) is 0 Å². The van der Waals surface area contributed by atoms with Gasteiger partial charge in [0.25, 0.3) is 0 Å². The van der Waals surface area contributed by atoms with E-state index in [2.05, 4.69) is 57.3 Å². The molecule has 0 atom stereocenters. The Morgan fingerprint density at radius 1 is 1.06 bits per heavy atom. The highest BCUT2D eigenvalue weighted by molar-refractivity contribution is 7.99. The Balaban J connectivity index is 1.50. The maximum Gasteiger partial charge on any atom is 0.230 e. The molecule has 2 aromatic carbocycles. The average Bonchev–Trinajstić information content (AvgIpc) is 3.38. The van der Waals surface area contributed by atoms with Gasteiger partial charge in [-0.15, -0.1) is 10.2 Å². The molecule has 164 valence electrons. The highest BCUT2D eigenvalue weighted by Crippen LogP contribution is 2.24. The monoisotopic (exact) mass is 465 g/mol. The van der Waals surface area contributed by atoms with Crippen LogP contribution in [-0.2, 0) is 24.8 Å². The van der Waals surface area contributed by atoms with Crippen LogP contribution >= 0.6 is 23.4 Å². The van der Waals surface area contributed by atoms with Crippen LogP contribution in [-0.4, -0.2) is 31.0 Å². The van der Waals surface area contributed by atoms with Crippen molar-refractivity contribution in [1.82, 2.24) is 24.6 Å². The third kappa shape index (κ3) is 5.23. The lowest BCUT2D eigenvalue weighted by atomic mass is 10.2. The smallest absolute Gasteiger partial charge is 0.230 e. The number of halogens is 1. The molecule has 4 rings (SSSR count). The summed E-state index contributed by atoms with van der Waals surface area (Å²) in [5, 5.41) is 13.1. The summed E-state index contributed by atoms with van der Waals surface area (Å²) in [5.41, 5.74) is 4.18. The number of carbonyl (C=O) groups is 1. The maximum absolute atomic E-state index is 12.5. The van der Waals surface area contributed by atoms with Gasteiger partial charge in [-0.25, -0.2) is 0 Å². The first-order valence-corrected chi connectivity index (χ1v) is 11.6. The van der Waals surface area contributed by atoms with Crippen molar-refractivity contribution < 1.29 is 4.79 Å². The van der Waals surface area contributed by atoms with Crippen LogP contribution in [0.2, 0.25) is 5.02 Å². The third-order valence-electron chi connectivity index (χ3n) is 5.15. The van der Waals surface area contributed by atoms with Crippen LogP contribution in [0.4, 0.5) is 0 Å². The van der Waals surface area contributed by atoms with Crippen molar-refractivity contribution in [2.75, 3.05) is 5.75 Å². The van der Waals surface area contributed by atoms with Gasteiger partial charge in [-0.3, -0.25) is 9.36 Å². The maximum atomic E-state index is 12.5. The first-order chi connectivity index (χ1) is 15.5. The van der Waals surface area contributed by atoms with E-state index in [0.717, 1.165) is 22.8 Å². The molecule has 0 unspecified atom stereocenters. The van der Waals surface area contributed by atoms with Gasteiger partial charge < -0.3 is 9.88 Å². The Morgan fingerprint density at radius 3 is 2.56 bits per heavy atom. The molecule has 8 heteroatoms. The summed E-state index contributed by atoms with van der Waals surface area (Å²) in [5.74, 6) is 0.977. The summed E-state index contributed by atoms with van der Waals surface area (Å²) in [6, 6.07) is 19.8. The van der Waals surface area contributed by atoms with E-state index in [1.165, 1.54) is 17.3 Å². The van der Waals surface area contributed by atoms with Gasteiger partial charge >= 0.3 is 0 Å². The number of hydrogen-bond acceptors (Lipinski definition) is 4. The summed E-state index contributed by atoms with van der Waals surface area (Å²) >= 11 is 7.54. The van der Waals surface area contributed by atoms with Gasteiger partial charge in [0, 0.05) is 42.6 Å². The number of aromatic nitrogens is 4. The zero-order chi connectivity index (χ0) is 22.5. The molecule has 1 N–H and O–H groups in total. The minimum Gasteiger partial charge on any atom is -0.354 e. The highest BCUT2D eigenvalue weighted by atomic mass is 35.5. The van der Waals surface area contributed by atoms with Crippen molar-refractivity contribution in [3.05, 3.63) is 94.5 Å². The van der Waals surface area contributed by atoms with Crippen LogP contribution in [0.5, 0.6) is 0 Å². The van der Waals surface area contributed by atoms with Crippen LogP contribution < -0.4 is 5.32 Å². The molecule has 0 spiro atoms. The van der Waals surface area contributed by atoms with E-state index in [0.29, 0.717) is 23.1 Å². The van der Waals surface area contributed by atoms with E-state index >= 15 is 0 Å². The van der Waals surface area contributed by atoms with Gasteiger partial charge in [-0.05, 0) is 42.8 Å². The van der Waals surface area contributed by atoms with Gasteiger partial charge in [-0.1, -0.05) is 59.3 Å². The number of carbonyl (C=O) groups excluding carboxylic acids is 1. The number of aryl methyl sites for hydroxylation is 2. The lowest BCUT2D eigenvalue weighted by Crippen LogP contribution is -2.24. The standard InChI is InChI=1S/C24H24ClN5OS/c1-17-9-11-19(12-10-17)30-22(14-20-7-5-13-29(20)2)27-28-24(30)32-16-23(31)26-15-18-6-3-4-8-21(18)25/h3-13H,14-16H2,1-2H3,(H,26,31). The summed E-state index contributed by atoms with van der Waals surface area (Å²) in [6.45, 7) is 2.45. The van der Waals surface area contributed by atoms with Crippen molar-refractivity contribution in [2.24, 2.45) is 7.05 Å². The quantitative estimate of drug-likeness (QED) is 0.387. The van der Waals surface area contributed by atoms with E-state index < -0.39 is 0 Å². The molecule has 0 aliphatic carbocycles. The fraction of sp³-hybridized carbons (Fsp3) is 0.208. The third-order valence-corrected chi connectivity index (χ3v) is 6.45. The van der Waals surface area contributed by atoms with E-state index in [1.54, 1.807) is 0 Å². The minimum atomic E-state index is -0.0858. The van der Waals surface area contributed by atoms with Crippen molar-refractivity contribution >= 4 is 29.3 Å². The van der Waals surface area contributed by atoms with Gasteiger partial charge in [-0.2, -0.15) is 0 Å². The number of rotatable bonds is 8. The molecule has 4 aromatic rings. The van der Waals surface area contributed by atoms with Gasteiger partial charge in [0.2, 0.25) is 5.91 Å². The first kappa shape index (κ1) is 22.2. The molecule has 32 heavy (non-hydrogen) atoms. The zero-order valence-corrected chi connectivity index (χ0v) is 19.5. The molecule has 0 saturated heterocycles. The van der Waals surface area contributed by atoms with Gasteiger partial charge in [0.1, 0.15) is 5.82 Å². The number of nitrogens with one attached hydrogen (secondary N) is 1. The first-order valence-electron chi connectivity index (χ1n) is 10.3. The van der Waals surface area contributed by atoms with Crippen LogP contribution in [0.3, 0.4) is 0 Å². The fourth-order valence-corrected chi connectivity index (χ4v) is 4.32.